The zero-order valence-electron chi connectivity index (χ0n) is 8.97. The quantitative estimate of drug-likeness (QED) is 0.806. The summed E-state index contributed by atoms with van der Waals surface area (Å²) in [4.78, 5) is 11.3. The maximum Gasteiger partial charge on any atom is 0.224 e. The lowest BCUT2D eigenvalue weighted by molar-refractivity contribution is -0.120. The molecule has 1 atom stereocenters. The van der Waals surface area contributed by atoms with Gasteiger partial charge in [-0.3, -0.25) is 4.79 Å². The van der Waals surface area contributed by atoms with Crippen LogP contribution in [0.4, 0.5) is 8.78 Å². The molecule has 3 N–H and O–H groups in total. The molecule has 1 rings (SSSR count). The molecule has 0 spiro atoms. The molecule has 5 heteroatoms. The van der Waals surface area contributed by atoms with E-state index in [4.69, 9.17) is 5.73 Å². The minimum Gasteiger partial charge on any atom is -0.354 e. The standard InChI is InChI=1S/C11H14F2N2O/c1-7(14)6-15-10(16)5-8-3-2-4-9(12)11(8)13/h2-4,7H,5-6,14H2,1H3,(H,15,16). The van der Waals surface area contributed by atoms with Gasteiger partial charge >= 0.3 is 0 Å². The monoisotopic (exact) mass is 228 g/mol. The largest absolute Gasteiger partial charge is 0.354 e. The number of benzene rings is 1. The van der Waals surface area contributed by atoms with Crippen LogP contribution in [0.3, 0.4) is 0 Å². The van der Waals surface area contributed by atoms with E-state index in [0.717, 1.165) is 6.07 Å². The second-order valence-electron chi connectivity index (χ2n) is 3.67. The van der Waals surface area contributed by atoms with Crippen LogP contribution < -0.4 is 11.1 Å². The molecule has 16 heavy (non-hydrogen) atoms. The van der Waals surface area contributed by atoms with Gasteiger partial charge in [0.05, 0.1) is 6.42 Å². The molecule has 3 nitrogen and oxygen atoms in total. The van der Waals surface area contributed by atoms with Gasteiger partial charge in [-0.15, -0.1) is 0 Å². The first-order chi connectivity index (χ1) is 7.50. The van der Waals surface area contributed by atoms with Gasteiger partial charge in [0.25, 0.3) is 0 Å². The third-order valence-corrected chi connectivity index (χ3v) is 2.00. The summed E-state index contributed by atoms with van der Waals surface area (Å²) in [7, 11) is 0. The molecule has 0 aliphatic carbocycles. The molecule has 1 aromatic carbocycles. The molecule has 1 amide bonds. The van der Waals surface area contributed by atoms with Crippen LogP contribution in [0.1, 0.15) is 12.5 Å². The molecule has 1 unspecified atom stereocenters. The molecule has 0 fully saturated rings. The van der Waals surface area contributed by atoms with E-state index in [9.17, 15) is 13.6 Å². The molecule has 0 aliphatic rings. The van der Waals surface area contributed by atoms with Gasteiger partial charge in [0.15, 0.2) is 11.6 Å². The Balaban J connectivity index is 2.59. The number of hydrogen-bond donors (Lipinski definition) is 2. The summed E-state index contributed by atoms with van der Waals surface area (Å²) in [5.41, 5.74) is 5.48. The van der Waals surface area contributed by atoms with Crippen LogP contribution in [0.15, 0.2) is 18.2 Å². The summed E-state index contributed by atoms with van der Waals surface area (Å²) in [6, 6.07) is 3.59. The van der Waals surface area contributed by atoms with E-state index in [0.29, 0.717) is 6.54 Å². The average molecular weight is 228 g/mol. The Labute approximate surface area is 92.6 Å². The van der Waals surface area contributed by atoms with Crippen molar-refractivity contribution in [3.05, 3.63) is 35.4 Å². The lowest BCUT2D eigenvalue weighted by Crippen LogP contribution is -2.36. The zero-order valence-corrected chi connectivity index (χ0v) is 8.97. The maximum absolute atomic E-state index is 13.2. The minimum absolute atomic E-state index is 0.0437. The molecule has 0 heterocycles. The van der Waals surface area contributed by atoms with E-state index in [-0.39, 0.29) is 23.9 Å². The number of amides is 1. The van der Waals surface area contributed by atoms with E-state index in [1.54, 1.807) is 6.92 Å². The first kappa shape index (κ1) is 12.6. The van der Waals surface area contributed by atoms with E-state index in [2.05, 4.69) is 5.32 Å². The summed E-state index contributed by atoms with van der Waals surface area (Å²) in [5, 5.41) is 2.52. The number of carbonyl (C=O) groups is 1. The van der Waals surface area contributed by atoms with Crippen molar-refractivity contribution >= 4 is 5.91 Å². The maximum atomic E-state index is 13.2. The normalized spacial score (nSPS) is 12.2. The number of nitrogens with one attached hydrogen (secondary N) is 1. The fourth-order valence-corrected chi connectivity index (χ4v) is 1.20. The third-order valence-electron chi connectivity index (χ3n) is 2.00. The van der Waals surface area contributed by atoms with E-state index in [1.807, 2.05) is 0 Å². The molecule has 88 valence electrons. The molecule has 0 aromatic heterocycles. The van der Waals surface area contributed by atoms with Gasteiger partial charge in [0.1, 0.15) is 0 Å². The van der Waals surface area contributed by atoms with Crippen LogP contribution in [0, 0.1) is 11.6 Å². The first-order valence-electron chi connectivity index (χ1n) is 4.96. The average Bonchev–Trinajstić information content (AvgIpc) is 2.22. The Morgan fingerprint density at radius 2 is 2.19 bits per heavy atom. The van der Waals surface area contributed by atoms with Gasteiger partial charge in [-0.25, -0.2) is 8.78 Å². The van der Waals surface area contributed by atoms with Crippen LogP contribution in [0.25, 0.3) is 0 Å². The number of rotatable bonds is 4. The van der Waals surface area contributed by atoms with Crippen molar-refractivity contribution < 1.29 is 13.6 Å². The third kappa shape index (κ3) is 3.58. The topological polar surface area (TPSA) is 55.1 Å². The van der Waals surface area contributed by atoms with Gasteiger partial charge < -0.3 is 11.1 Å². The SMILES string of the molecule is CC(N)CNC(=O)Cc1cccc(F)c1F. The highest BCUT2D eigenvalue weighted by Crippen LogP contribution is 2.11. The fraction of sp³-hybridized carbons (Fsp3) is 0.364. The molecule has 0 radical (unpaired) electrons. The smallest absolute Gasteiger partial charge is 0.224 e. The molecule has 0 bridgehead atoms. The van der Waals surface area contributed by atoms with Gasteiger partial charge in [-0.05, 0) is 13.0 Å². The zero-order chi connectivity index (χ0) is 12.1. The molecule has 0 aliphatic heterocycles. The predicted octanol–water partition coefficient (Wildman–Crippen LogP) is 0.971. The highest BCUT2D eigenvalue weighted by Gasteiger charge is 2.11. The van der Waals surface area contributed by atoms with Gasteiger partial charge in [0, 0.05) is 18.2 Å². The summed E-state index contributed by atoms with van der Waals surface area (Å²) in [5.74, 6) is -2.29. The summed E-state index contributed by atoms with van der Waals surface area (Å²) >= 11 is 0. The fourth-order valence-electron chi connectivity index (χ4n) is 1.20. The highest BCUT2D eigenvalue weighted by atomic mass is 19.2. The van der Waals surface area contributed by atoms with Crippen molar-refractivity contribution in [1.82, 2.24) is 5.32 Å². The number of hydrogen-bond acceptors (Lipinski definition) is 2. The van der Waals surface area contributed by atoms with Crippen molar-refractivity contribution in [2.75, 3.05) is 6.54 Å². The van der Waals surface area contributed by atoms with Crippen molar-refractivity contribution in [1.29, 1.82) is 0 Å². The first-order valence-corrected chi connectivity index (χ1v) is 4.96. The lowest BCUT2D eigenvalue weighted by Gasteiger charge is -2.08. The summed E-state index contributed by atoms with van der Waals surface area (Å²) in [6.07, 6.45) is -0.184. The predicted molar refractivity (Wildman–Crippen MR) is 56.7 cm³/mol. The van der Waals surface area contributed by atoms with Crippen molar-refractivity contribution in [2.45, 2.75) is 19.4 Å². The van der Waals surface area contributed by atoms with Crippen molar-refractivity contribution in [2.24, 2.45) is 5.73 Å². The van der Waals surface area contributed by atoms with Crippen molar-refractivity contribution in [3.8, 4) is 0 Å². The van der Waals surface area contributed by atoms with Crippen molar-refractivity contribution in [3.63, 3.8) is 0 Å². The van der Waals surface area contributed by atoms with Crippen LogP contribution in [0.2, 0.25) is 0 Å². The number of nitrogens with two attached hydrogens (primary N) is 1. The van der Waals surface area contributed by atoms with E-state index in [1.165, 1.54) is 12.1 Å². The minimum atomic E-state index is -0.974. The van der Waals surface area contributed by atoms with Gasteiger partial charge in [-0.1, -0.05) is 12.1 Å². The highest BCUT2D eigenvalue weighted by molar-refractivity contribution is 5.78. The number of carbonyl (C=O) groups excluding carboxylic acids is 1. The summed E-state index contributed by atoms with van der Waals surface area (Å²) < 4.78 is 26.0. The van der Waals surface area contributed by atoms with Gasteiger partial charge in [0.2, 0.25) is 5.91 Å². The number of halogens is 2. The van der Waals surface area contributed by atoms with Crippen LogP contribution in [-0.2, 0) is 11.2 Å². The Morgan fingerprint density at radius 3 is 2.81 bits per heavy atom. The lowest BCUT2D eigenvalue weighted by atomic mass is 10.1. The Kier molecular flexibility index (Phi) is 4.37. The van der Waals surface area contributed by atoms with Crippen LogP contribution >= 0.6 is 0 Å². The van der Waals surface area contributed by atoms with E-state index < -0.39 is 11.6 Å². The van der Waals surface area contributed by atoms with Crippen LogP contribution in [0.5, 0.6) is 0 Å². The molecular weight excluding hydrogens is 214 g/mol. The molecule has 1 aromatic rings. The molecular formula is C11H14F2N2O. The second-order valence-corrected chi connectivity index (χ2v) is 3.67. The van der Waals surface area contributed by atoms with Gasteiger partial charge in [-0.2, -0.15) is 0 Å². The Morgan fingerprint density at radius 1 is 1.50 bits per heavy atom. The Bertz CT molecular complexity index is 380. The Hall–Kier alpha value is -1.49. The summed E-state index contributed by atoms with van der Waals surface area (Å²) in [6.45, 7) is 2.05. The molecule has 0 saturated heterocycles. The van der Waals surface area contributed by atoms with Crippen LogP contribution in [-0.4, -0.2) is 18.5 Å². The second kappa shape index (κ2) is 5.55. The van der Waals surface area contributed by atoms with E-state index >= 15 is 0 Å². The molecule has 0 saturated carbocycles.